The maximum absolute atomic E-state index is 14.3. The number of hydrogen-bond donors (Lipinski definition) is 2. The maximum Gasteiger partial charge on any atom is 0.408 e. The van der Waals surface area contributed by atoms with E-state index in [0.29, 0.717) is 37.1 Å². The molecule has 0 saturated carbocycles. The number of hydrogen-bond acceptors (Lipinski definition) is 6. The lowest BCUT2D eigenvalue weighted by Gasteiger charge is -2.35. The first-order chi connectivity index (χ1) is 23.4. The molecule has 11 heteroatoms. The van der Waals surface area contributed by atoms with E-state index in [1.54, 1.807) is 45.0 Å². The number of nitrogens with one attached hydrogen (secondary N) is 1. The molecule has 0 spiro atoms. The van der Waals surface area contributed by atoms with E-state index < -0.39 is 41.6 Å². The molecule has 260 valence electrons. The van der Waals surface area contributed by atoms with E-state index in [4.69, 9.17) is 4.74 Å². The quantitative estimate of drug-likeness (QED) is 0.283. The average Bonchev–Trinajstić information content (AvgIpc) is 3.82. The molecule has 2 saturated heterocycles. The first-order valence-corrected chi connectivity index (χ1v) is 17.3. The lowest BCUT2D eigenvalue weighted by molar-refractivity contribution is -0.150. The molecular weight excluding hydrogens is 622 g/mol. The third-order valence-corrected chi connectivity index (χ3v) is 9.61. The number of ether oxygens (including phenoxy) is 1. The van der Waals surface area contributed by atoms with Crippen LogP contribution in [0.4, 0.5) is 4.79 Å². The predicted molar refractivity (Wildman–Crippen MR) is 185 cm³/mol. The monoisotopic (exact) mass is 669 g/mol. The van der Waals surface area contributed by atoms with Crippen LogP contribution in [0.2, 0.25) is 0 Å². The summed E-state index contributed by atoms with van der Waals surface area (Å²) < 4.78 is 7.66. The number of carbonyl (C=O) groups is 4. The SMILES string of the molecule is CCn1c(CC[C@@H]2CCCN2C(=O)[C@H]2CCCN2C(=O)C(NC(=O)OC(C)(C)C)[C@H](Cc2ccccc2)C(=O)O)cc2ccc(C#N)cc21. The molecule has 11 nitrogen and oxygen atoms in total. The number of rotatable bonds is 11. The van der Waals surface area contributed by atoms with Crippen LogP contribution in [0.15, 0.2) is 54.6 Å². The summed E-state index contributed by atoms with van der Waals surface area (Å²) in [6.07, 6.45) is 3.42. The van der Waals surface area contributed by atoms with Crippen molar-refractivity contribution in [1.29, 1.82) is 5.26 Å². The molecule has 0 aliphatic carbocycles. The molecule has 49 heavy (non-hydrogen) atoms. The number of carboxylic acid groups (broad SMARTS) is 1. The molecule has 2 aliphatic rings. The smallest absolute Gasteiger partial charge is 0.408 e. The molecule has 4 atom stereocenters. The van der Waals surface area contributed by atoms with Crippen molar-refractivity contribution in [3.63, 3.8) is 0 Å². The number of aromatic nitrogens is 1. The van der Waals surface area contributed by atoms with Gasteiger partial charge in [0.1, 0.15) is 17.7 Å². The highest BCUT2D eigenvalue weighted by Crippen LogP contribution is 2.30. The lowest BCUT2D eigenvalue weighted by Crippen LogP contribution is -2.58. The number of nitriles is 1. The minimum Gasteiger partial charge on any atom is -0.481 e. The van der Waals surface area contributed by atoms with Gasteiger partial charge in [-0.1, -0.05) is 36.4 Å². The fourth-order valence-corrected chi connectivity index (χ4v) is 7.34. The van der Waals surface area contributed by atoms with E-state index in [0.717, 1.165) is 48.8 Å². The molecule has 0 bridgehead atoms. The van der Waals surface area contributed by atoms with Gasteiger partial charge in [-0.2, -0.15) is 5.26 Å². The lowest BCUT2D eigenvalue weighted by atomic mass is 9.91. The van der Waals surface area contributed by atoms with E-state index in [-0.39, 0.29) is 18.4 Å². The van der Waals surface area contributed by atoms with Gasteiger partial charge in [0, 0.05) is 36.9 Å². The molecule has 3 amide bonds. The zero-order valence-electron chi connectivity index (χ0n) is 28.9. The Hall–Kier alpha value is -4.85. The molecule has 1 aromatic heterocycles. The second kappa shape index (κ2) is 15.1. The van der Waals surface area contributed by atoms with Crippen LogP contribution in [0.25, 0.3) is 10.9 Å². The number of nitrogens with zero attached hydrogens (tertiary/aromatic N) is 4. The van der Waals surface area contributed by atoms with Crippen molar-refractivity contribution in [2.75, 3.05) is 13.1 Å². The number of amides is 3. The largest absolute Gasteiger partial charge is 0.481 e. The van der Waals surface area contributed by atoms with E-state index in [1.807, 2.05) is 29.2 Å². The first-order valence-electron chi connectivity index (χ1n) is 17.3. The van der Waals surface area contributed by atoms with E-state index in [2.05, 4.69) is 28.9 Å². The highest BCUT2D eigenvalue weighted by Gasteiger charge is 2.45. The summed E-state index contributed by atoms with van der Waals surface area (Å²) in [6, 6.07) is 16.9. The maximum atomic E-state index is 14.3. The Morgan fingerprint density at radius 3 is 2.41 bits per heavy atom. The number of aliphatic carboxylic acids is 1. The van der Waals surface area contributed by atoms with E-state index in [9.17, 15) is 29.5 Å². The van der Waals surface area contributed by atoms with Gasteiger partial charge in [-0.3, -0.25) is 14.4 Å². The van der Waals surface area contributed by atoms with Gasteiger partial charge in [-0.15, -0.1) is 0 Å². The standard InChI is InChI=1S/C38H47N5O6/c1-5-41-29(23-27-16-15-26(24-39)22-32(27)41)18-17-28-13-9-19-42(28)34(44)31-14-10-20-43(31)35(45)33(40-37(48)49-38(2,3)4)30(36(46)47)21-25-11-7-6-8-12-25/h6-8,11-12,15-16,22-23,28,30-31,33H,5,9-10,13-14,17-21H2,1-4H3,(H,40,48)(H,46,47)/t28-,30-,31+,33?/m0/s1. The number of carboxylic acids is 1. The van der Waals surface area contributed by atoms with E-state index >= 15 is 0 Å². The summed E-state index contributed by atoms with van der Waals surface area (Å²) in [5, 5.41) is 23.4. The Labute approximate surface area is 287 Å². The minimum absolute atomic E-state index is 0.00331. The first kappa shape index (κ1) is 35.5. The highest BCUT2D eigenvalue weighted by molar-refractivity contribution is 5.95. The summed E-state index contributed by atoms with van der Waals surface area (Å²) in [6.45, 7) is 8.80. The molecule has 1 unspecified atom stereocenters. The Kier molecular flexibility index (Phi) is 11.0. The number of likely N-dealkylation sites (tertiary alicyclic amines) is 2. The van der Waals surface area contributed by atoms with Crippen molar-refractivity contribution in [3.05, 3.63) is 71.4 Å². The minimum atomic E-state index is -1.44. The van der Waals surface area contributed by atoms with E-state index in [1.165, 1.54) is 4.90 Å². The second-order valence-electron chi connectivity index (χ2n) is 14.1. The Morgan fingerprint density at radius 1 is 1.02 bits per heavy atom. The van der Waals surface area contributed by atoms with Crippen LogP contribution in [-0.2, 0) is 38.5 Å². The van der Waals surface area contributed by atoms with Gasteiger partial charge < -0.3 is 29.5 Å². The highest BCUT2D eigenvalue weighted by atomic mass is 16.6. The molecule has 2 aliphatic heterocycles. The van der Waals surface area contributed by atoms with Gasteiger partial charge in [0.15, 0.2) is 0 Å². The van der Waals surface area contributed by atoms with Crippen molar-refractivity contribution in [2.24, 2.45) is 5.92 Å². The Morgan fingerprint density at radius 2 is 1.73 bits per heavy atom. The summed E-state index contributed by atoms with van der Waals surface area (Å²) >= 11 is 0. The summed E-state index contributed by atoms with van der Waals surface area (Å²) in [7, 11) is 0. The van der Waals surface area contributed by atoms with Crippen molar-refractivity contribution in [2.45, 2.75) is 103 Å². The number of aryl methyl sites for hydroxylation is 2. The third-order valence-electron chi connectivity index (χ3n) is 9.61. The van der Waals surface area contributed by atoms with Gasteiger partial charge >= 0.3 is 12.1 Å². The van der Waals surface area contributed by atoms with Crippen LogP contribution in [0, 0.1) is 17.2 Å². The number of fused-ring (bicyclic) bond motifs is 1. The van der Waals surface area contributed by atoms with Crippen molar-refractivity contribution >= 4 is 34.8 Å². The van der Waals surface area contributed by atoms with Crippen LogP contribution in [-0.4, -0.2) is 80.2 Å². The fourth-order valence-electron chi connectivity index (χ4n) is 7.34. The number of carbonyl (C=O) groups excluding carboxylic acids is 3. The van der Waals surface area contributed by atoms with Crippen LogP contribution in [0.5, 0.6) is 0 Å². The molecule has 0 radical (unpaired) electrons. The molecule has 3 aromatic rings. The predicted octanol–water partition coefficient (Wildman–Crippen LogP) is 5.28. The molecule has 3 heterocycles. The molecule has 2 N–H and O–H groups in total. The second-order valence-corrected chi connectivity index (χ2v) is 14.1. The average molecular weight is 670 g/mol. The van der Waals surface area contributed by atoms with Crippen molar-refractivity contribution in [3.8, 4) is 6.07 Å². The summed E-state index contributed by atoms with van der Waals surface area (Å²) in [5.74, 6) is -3.24. The van der Waals surface area contributed by atoms with Crippen LogP contribution < -0.4 is 5.32 Å². The molecule has 5 rings (SSSR count). The van der Waals surface area contributed by atoms with Crippen LogP contribution >= 0.6 is 0 Å². The molecule has 2 fully saturated rings. The van der Waals surface area contributed by atoms with Crippen molar-refractivity contribution in [1.82, 2.24) is 19.7 Å². The number of benzene rings is 2. The van der Waals surface area contributed by atoms with Crippen LogP contribution in [0.3, 0.4) is 0 Å². The third kappa shape index (κ3) is 8.24. The fraction of sp³-hybridized carbons (Fsp3) is 0.500. The molecule has 2 aromatic carbocycles. The van der Waals surface area contributed by atoms with Gasteiger partial charge in [0.25, 0.3) is 0 Å². The van der Waals surface area contributed by atoms with Gasteiger partial charge in [-0.25, -0.2) is 4.79 Å². The Bertz CT molecular complexity index is 1720. The van der Waals surface area contributed by atoms with Crippen LogP contribution in [0.1, 0.15) is 76.6 Å². The van der Waals surface area contributed by atoms with Gasteiger partial charge in [0.2, 0.25) is 11.8 Å². The molecular formula is C38H47N5O6. The summed E-state index contributed by atoms with van der Waals surface area (Å²) in [4.78, 5) is 57.5. The topological polar surface area (TPSA) is 145 Å². The normalized spacial score (nSPS) is 19.0. The zero-order chi connectivity index (χ0) is 35.3. The van der Waals surface area contributed by atoms with Crippen molar-refractivity contribution < 1.29 is 29.0 Å². The van der Waals surface area contributed by atoms with Gasteiger partial charge in [-0.05, 0) is 102 Å². The summed E-state index contributed by atoms with van der Waals surface area (Å²) in [5.41, 5.74) is 2.64. The zero-order valence-corrected chi connectivity index (χ0v) is 28.9. The van der Waals surface area contributed by atoms with Gasteiger partial charge in [0.05, 0.1) is 17.6 Å². The Balaban J connectivity index is 1.34. The number of alkyl carbamates (subject to hydrolysis) is 1.